The number of thioether (sulfide) groups is 2. The predicted octanol–water partition coefficient (Wildman–Crippen LogP) is 8.50. The zero-order chi connectivity index (χ0) is 56.5. The monoisotopic (exact) mass is 1160 g/mol. The minimum Gasteiger partial charge on any atom is -0.481 e. The lowest BCUT2D eigenvalue weighted by molar-refractivity contribution is -0.148. The molecule has 0 aromatic carbocycles. The predicted molar refractivity (Wildman–Crippen MR) is 307 cm³/mol. The molecule has 16 atom stereocenters. The number of hydrogen-bond acceptors (Lipinski definition) is 16. The van der Waals surface area contributed by atoms with E-state index in [9.17, 15) is 41.9 Å². The van der Waals surface area contributed by atoms with Gasteiger partial charge in [0.15, 0.2) is 16.2 Å². The van der Waals surface area contributed by atoms with Crippen LogP contribution >= 0.6 is 23.5 Å². The molecular formula is C55H87N11O8S4. The Morgan fingerprint density at radius 3 is 1.88 bits per heavy atom. The molecule has 0 amide bonds. The fraction of sp³-hybridized carbons (Fsp3) is 0.855. The third-order valence-corrected chi connectivity index (χ3v) is 25.2. The Morgan fingerprint density at radius 1 is 0.744 bits per heavy atom. The molecule has 6 saturated carbocycles. The van der Waals surface area contributed by atoms with Gasteiger partial charge in [0.1, 0.15) is 11.6 Å². The van der Waals surface area contributed by atoms with Crippen LogP contribution in [-0.4, -0.2) is 133 Å². The Hall–Kier alpha value is -3.14. The lowest BCUT2D eigenvalue weighted by atomic mass is 9.70. The van der Waals surface area contributed by atoms with Gasteiger partial charge in [-0.3, -0.25) is 19.6 Å². The van der Waals surface area contributed by atoms with Crippen molar-refractivity contribution in [3.05, 3.63) is 11.3 Å². The van der Waals surface area contributed by atoms with Crippen molar-refractivity contribution in [2.45, 2.75) is 240 Å². The molecular weight excluding hydrogens is 1070 g/mol. The fourth-order valence-electron chi connectivity index (χ4n) is 15.8. The number of rotatable bonds is 12. The number of sulfonamides is 2. The summed E-state index contributed by atoms with van der Waals surface area (Å²) in [5.41, 5.74) is 0.330. The molecule has 2 aliphatic heterocycles. The number of carboxylic acids is 2. The van der Waals surface area contributed by atoms with Crippen molar-refractivity contribution in [1.29, 1.82) is 5.26 Å². The number of nitrogens with two attached hydrogens (primary N) is 1. The minimum absolute atomic E-state index is 0.0301. The van der Waals surface area contributed by atoms with Crippen LogP contribution in [0.3, 0.4) is 0 Å². The summed E-state index contributed by atoms with van der Waals surface area (Å²) in [5, 5.41) is 56.1. The van der Waals surface area contributed by atoms with Crippen molar-refractivity contribution in [2.75, 3.05) is 0 Å². The number of hydrogen-bond donors (Lipinski definition) is 5. The molecule has 0 spiro atoms. The number of aliphatic carboxylic acids is 2. The van der Waals surface area contributed by atoms with Gasteiger partial charge in [0.25, 0.3) is 0 Å². The van der Waals surface area contributed by atoms with Gasteiger partial charge in [0.2, 0.25) is 20.0 Å². The molecule has 0 bridgehead atoms. The van der Waals surface area contributed by atoms with Crippen LogP contribution in [0.4, 0.5) is 5.82 Å². The highest BCUT2D eigenvalue weighted by Crippen LogP contribution is 2.48. The van der Waals surface area contributed by atoms with Gasteiger partial charge in [-0.05, 0) is 138 Å². The first-order chi connectivity index (χ1) is 36.6. The zero-order valence-corrected chi connectivity index (χ0v) is 50.6. The molecule has 0 saturated heterocycles. The van der Waals surface area contributed by atoms with E-state index in [4.69, 9.17) is 30.5 Å². The smallest absolute Gasteiger partial charge is 0.306 e. The van der Waals surface area contributed by atoms with E-state index in [-0.39, 0.29) is 84.4 Å². The molecule has 6 fully saturated rings. The van der Waals surface area contributed by atoms with E-state index in [1.165, 1.54) is 11.8 Å². The number of aliphatic imine (C=N–C) groups is 2. The Labute approximate surface area is 471 Å². The van der Waals surface area contributed by atoms with Gasteiger partial charge in [-0.1, -0.05) is 92.8 Å². The molecule has 16 unspecified atom stereocenters. The summed E-state index contributed by atoms with van der Waals surface area (Å²) in [6.07, 6.45) is 8.96. The number of fused-ring (bicyclic) bond motifs is 2. The molecule has 1 aromatic heterocycles. The number of carbonyl (C=O) groups is 2. The third kappa shape index (κ3) is 12.6. The highest BCUT2D eigenvalue weighted by molar-refractivity contribution is 8.15. The van der Waals surface area contributed by atoms with Gasteiger partial charge in [-0.15, -0.1) is 5.11 Å². The van der Waals surface area contributed by atoms with Gasteiger partial charge in [0, 0.05) is 46.1 Å². The average molecular weight is 1160 g/mol. The van der Waals surface area contributed by atoms with Crippen LogP contribution in [-0.2, 0) is 35.1 Å². The summed E-state index contributed by atoms with van der Waals surface area (Å²) < 4.78 is 57.8. The number of aromatic nitrogens is 2. The van der Waals surface area contributed by atoms with Gasteiger partial charge in [0.05, 0.1) is 46.2 Å². The minimum atomic E-state index is -3.97. The van der Waals surface area contributed by atoms with E-state index in [1.54, 1.807) is 16.4 Å². The molecule has 6 aliphatic carbocycles. The molecule has 6 N–H and O–H groups in total. The first-order valence-corrected chi connectivity index (χ1v) is 34.0. The number of amidine groups is 1. The Balaban J connectivity index is 1.01. The molecule has 78 heavy (non-hydrogen) atoms. The van der Waals surface area contributed by atoms with Crippen LogP contribution < -0.4 is 15.2 Å². The SMILES string of the molecule is CC1CC(C)C(NC2CC(N(C3=NC4CCC(S(N)(=O)=O)CC4S3)C3C(C)CC(C)CC3C)CC(C)C2N=Nc2c(C#N)c(C(C)(C)C)nn2C2=NC3CCC(S(=O)(=O)NC4CC(C(=O)O)CC(C(=O)O)C4)CC3S2)C(C)C1. The molecule has 23 heteroatoms. The van der Waals surface area contributed by atoms with E-state index in [2.05, 4.69) is 69.5 Å². The van der Waals surface area contributed by atoms with E-state index >= 15 is 0 Å². The van der Waals surface area contributed by atoms with Gasteiger partial charge in [-0.25, -0.2) is 26.7 Å². The molecule has 434 valence electrons. The van der Waals surface area contributed by atoms with E-state index in [0.717, 1.165) is 43.7 Å². The molecule has 0 radical (unpaired) electrons. The number of carboxylic acid groups (broad SMARTS) is 2. The van der Waals surface area contributed by atoms with Crippen molar-refractivity contribution in [3.8, 4) is 6.07 Å². The fourth-order valence-corrected chi connectivity index (χ4v) is 21.7. The van der Waals surface area contributed by atoms with Crippen molar-refractivity contribution in [2.24, 2.45) is 78.6 Å². The van der Waals surface area contributed by atoms with Gasteiger partial charge >= 0.3 is 11.9 Å². The summed E-state index contributed by atoms with van der Waals surface area (Å²) in [6, 6.07) is 1.75. The Morgan fingerprint density at radius 2 is 1.31 bits per heavy atom. The van der Waals surface area contributed by atoms with Crippen LogP contribution in [0.25, 0.3) is 0 Å². The van der Waals surface area contributed by atoms with Crippen molar-refractivity contribution < 1.29 is 36.6 Å². The summed E-state index contributed by atoms with van der Waals surface area (Å²) in [5.74, 6) is -0.870. The van der Waals surface area contributed by atoms with Gasteiger partial charge in [-0.2, -0.15) is 20.2 Å². The van der Waals surface area contributed by atoms with Crippen LogP contribution in [0, 0.1) is 64.6 Å². The molecule has 19 nitrogen and oxygen atoms in total. The van der Waals surface area contributed by atoms with Gasteiger partial charge < -0.3 is 20.4 Å². The standard InChI is InChI=1S/C55H87N11O8S4/c1-27-15-29(3)46(30(4)16-27)58-43-23-37(65(48-32(6)17-28(2)18-33(48)7)53-59-41-13-11-38(77(57,71)72)24-44(41)75-53)19-31(5)47(43)61-62-50-40(26-56)49(55(8,9)10)63-66(50)54-60-42-14-12-39(25-45(42)76-54)78(73,74)64-36-21-34(51(67)68)20-35(22-36)52(69)70/h27-39,41-48,58,64H,11-25H2,1-10H3,(H,67,68)(H,69,70)(H2,57,71,72). The highest BCUT2D eigenvalue weighted by Gasteiger charge is 2.51. The molecule has 8 aliphatic rings. The first-order valence-electron chi connectivity index (χ1n) is 29.1. The van der Waals surface area contributed by atoms with Crippen LogP contribution in [0.5, 0.6) is 0 Å². The number of nitrogens with one attached hydrogen (secondary N) is 2. The van der Waals surface area contributed by atoms with Crippen molar-refractivity contribution >= 4 is 71.7 Å². The van der Waals surface area contributed by atoms with Crippen molar-refractivity contribution in [1.82, 2.24) is 24.7 Å². The number of azo groups is 1. The van der Waals surface area contributed by atoms with Crippen LogP contribution in [0.1, 0.15) is 177 Å². The molecule has 1 aromatic rings. The summed E-state index contributed by atoms with van der Waals surface area (Å²) >= 11 is 3.20. The maximum Gasteiger partial charge on any atom is 0.306 e. The van der Waals surface area contributed by atoms with E-state index in [1.807, 2.05) is 20.8 Å². The van der Waals surface area contributed by atoms with Crippen LogP contribution in [0.2, 0.25) is 0 Å². The molecule has 9 rings (SSSR count). The van der Waals surface area contributed by atoms with E-state index < -0.39 is 65.8 Å². The second kappa shape index (κ2) is 23.3. The topological polar surface area (TPSA) is 287 Å². The van der Waals surface area contributed by atoms with Crippen molar-refractivity contribution in [3.63, 3.8) is 0 Å². The number of primary sulfonamides is 1. The maximum atomic E-state index is 14.0. The quantitative estimate of drug-likeness (QED) is 0.123. The normalized spacial score (nSPS) is 40.6. The Kier molecular flexibility index (Phi) is 17.7. The van der Waals surface area contributed by atoms with E-state index in [0.29, 0.717) is 89.9 Å². The second-order valence-corrected chi connectivity index (χ2v) is 33.0. The first kappa shape index (κ1) is 59.5. The largest absolute Gasteiger partial charge is 0.481 e. The number of nitrogens with zero attached hydrogens (tertiary/aromatic N) is 8. The maximum absolute atomic E-state index is 14.0. The summed E-state index contributed by atoms with van der Waals surface area (Å²) in [4.78, 5) is 37.3. The molecule has 3 heterocycles. The summed E-state index contributed by atoms with van der Waals surface area (Å²) in [6.45, 7) is 22.6. The Bertz CT molecular complexity index is 2730. The lowest BCUT2D eigenvalue weighted by Gasteiger charge is -2.52. The summed E-state index contributed by atoms with van der Waals surface area (Å²) in [7, 11) is -7.63. The average Bonchev–Trinajstić information content (AvgIpc) is 4.27. The number of nitriles is 1. The zero-order valence-electron chi connectivity index (χ0n) is 47.4. The van der Waals surface area contributed by atoms with Crippen LogP contribution in [0.15, 0.2) is 20.2 Å². The second-order valence-electron chi connectivity index (χ2n) is 26.8. The third-order valence-electron chi connectivity index (χ3n) is 19.3. The lowest BCUT2D eigenvalue weighted by Crippen LogP contribution is -2.61. The highest BCUT2D eigenvalue weighted by atomic mass is 32.2.